The molecule has 0 fully saturated rings. The van der Waals surface area contributed by atoms with Crippen LogP contribution in [0, 0.1) is 6.92 Å². The summed E-state index contributed by atoms with van der Waals surface area (Å²) in [5, 5.41) is 0. The van der Waals surface area contributed by atoms with Crippen LogP contribution < -0.4 is 15.2 Å². The fourth-order valence-electron chi connectivity index (χ4n) is 1.72. The van der Waals surface area contributed by atoms with Gasteiger partial charge in [0.05, 0.1) is 24.3 Å². The lowest BCUT2D eigenvalue weighted by atomic mass is 10.0. The van der Waals surface area contributed by atoms with E-state index in [1.807, 2.05) is 13.0 Å². The van der Waals surface area contributed by atoms with Crippen molar-refractivity contribution in [2.45, 2.75) is 13.3 Å². The Morgan fingerprint density at radius 2 is 1.94 bits per heavy atom. The molecule has 0 aliphatic carbocycles. The number of rotatable bonds is 5. The fraction of sp³-hybridized carbons (Fsp3) is 0.417. The van der Waals surface area contributed by atoms with Gasteiger partial charge in [-0.05, 0) is 41.0 Å². The van der Waals surface area contributed by atoms with E-state index < -0.39 is 0 Å². The SMILES string of the molecule is COc1c(Br)cc(C)c(C(=O)CCN)c1OC. The number of nitrogens with two attached hydrogens (primary N) is 1. The second-order valence-electron chi connectivity index (χ2n) is 3.58. The molecule has 0 spiro atoms. The number of benzene rings is 1. The number of halogens is 1. The molecule has 1 aromatic rings. The Bertz CT molecular complexity index is 432. The van der Waals surface area contributed by atoms with Crippen LogP contribution >= 0.6 is 15.9 Å². The molecule has 0 radical (unpaired) electrons. The van der Waals surface area contributed by atoms with Crippen molar-refractivity contribution in [3.05, 3.63) is 21.7 Å². The highest BCUT2D eigenvalue weighted by atomic mass is 79.9. The van der Waals surface area contributed by atoms with E-state index >= 15 is 0 Å². The summed E-state index contributed by atoms with van der Waals surface area (Å²) in [5.41, 5.74) is 6.79. The minimum Gasteiger partial charge on any atom is -0.492 e. The van der Waals surface area contributed by atoms with Gasteiger partial charge in [-0.15, -0.1) is 0 Å². The molecule has 0 aliphatic heterocycles. The molecule has 0 amide bonds. The highest BCUT2D eigenvalue weighted by molar-refractivity contribution is 9.10. The Hall–Kier alpha value is -1.07. The Balaban J connectivity index is 3.41. The Labute approximate surface area is 109 Å². The zero-order valence-corrected chi connectivity index (χ0v) is 11.8. The Kier molecular flexibility index (Phi) is 4.96. The average molecular weight is 302 g/mol. The van der Waals surface area contributed by atoms with Crippen molar-refractivity contribution in [2.75, 3.05) is 20.8 Å². The van der Waals surface area contributed by atoms with Crippen molar-refractivity contribution in [1.29, 1.82) is 0 Å². The molecule has 0 unspecified atom stereocenters. The van der Waals surface area contributed by atoms with E-state index in [2.05, 4.69) is 15.9 Å². The molecule has 5 heteroatoms. The van der Waals surface area contributed by atoms with Gasteiger partial charge in [-0.2, -0.15) is 0 Å². The van der Waals surface area contributed by atoms with Crippen LogP contribution in [0.3, 0.4) is 0 Å². The normalized spacial score (nSPS) is 10.2. The molecule has 0 atom stereocenters. The molecule has 0 heterocycles. The first-order chi connectivity index (χ1) is 8.06. The van der Waals surface area contributed by atoms with Crippen LogP contribution in [0.1, 0.15) is 22.3 Å². The minimum absolute atomic E-state index is 0.0346. The fourth-order valence-corrected chi connectivity index (χ4v) is 2.40. The molecule has 4 nitrogen and oxygen atoms in total. The largest absolute Gasteiger partial charge is 0.492 e. The van der Waals surface area contributed by atoms with Gasteiger partial charge in [-0.1, -0.05) is 0 Å². The summed E-state index contributed by atoms with van der Waals surface area (Å²) >= 11 is 3.38. The average Bonchev–Trinajstić information content (AvgIpc) is 2.28. The van der Waals surface area contributed by atoms with Gasteiger partial charge in [0.2, 0.25) is 0 Å². The zero-order chi connectivity index (χ0) is 13.0. The van der Waals surface area contributed by atoms with Crippen molar-refractivity contribution in [2.24, 2.45) is 5.73 Å². The second-order valence-corrected chi connectivity index (χ2v) is 4.43. The quantitative estimate of drug-likeness (QED) is 0.848. The first-order valence-corrected chi connectivity index (χ1v) is 6.00. The lowest BCUT2D eigenvalue weighted by molar-refractivity contribution is 0.0981. The van der Waals surface area contributed by atoms with Gasteiger partial charge in [0.25, 0.3) is 0 Å². The topological polar surface area (TPSA) is 61.5 Å². The molecule has 0 bridgehead atoms. The lowest BCUT2D eigenvalue weighted by Crippen LogP contribution is -2.11. The van der Waals surface area contributed by atoms with Crippen LogP contribution in [0.4, 0.5) is 0 Å². The van der Waals surface area contributed by atoms with Crippen molar-refractivity contribution in [1.82, 2.24) is 0 Å². The number of hydrogen-bond donors (Lipinski definition) is 1. The first-order valence-electron chi connectivity index (χ1n) is 5.21. The molecule has 1 rings (SSSR count). The van der Waals surface area contributed by atoms with E-state index in [4.69, 9.17) is 15.2 Å². The number of carbonyl (C=O) groups is 1. The number of Topliss-reactive ketones (excluding diaryl/α,β-unsaturated/α-hetero) is 1. The van der Waals surface area contributed by atoms with Crippen LogP contribution in [-0.4, -0.2) is 26.5 Å². The molecule has 1 aromatic carbocycles. The third-order valence-corrected chi connectivity index (χ3v) is 3.04. The Morgan fingerprint density at radius 1 is 1.35 bits per heavy atom. The molecular weight excluding hydrogens is 286 g/mol. The summed E-state index contributed by atoms with van der Waals surface area (Å²) in [6.45, 7) is 2.18. The molecular formula is C12H16BrNO3. The third kappa shape index (κ3) is 2.79. The number of methoxy groups -OCH3 is 2. The molecule has 0 aromatic heterocycles. The zero-order valence-electron chi connectivity index (χ0n) is 10.2. The van der Waals surface area contributed by atoms with E-state index in [-0.39, 0.29) is 5.78 Å². The van der Waals surface area contributed by atoms with Gasteiger partial charge in [-0.25, -0.2) is 0 Å². The van der Waals surface area contributed by atoms with Gasteiger partial charge in [0.15, 0.2) is 17.3 Å². The highest BCUT2D eigenvalue weighted by Gasteiger charge is 2.21. The van der Waals surface area contributed by atoms with Crippen molar-refractivity contribution < 1.29 is 14.3 Å². The monoisotopic (exact) mass is 301 g/mol. The van der Waals surface area contributed by atoms with Crippen molar-refractivity contribution >= 4 is 21.7 Å². The highest BCUT2D eigenvalue weighted by Crippen LogP contribution is 2.40. The number of carbonyl (C=O) groups excluding carboxylic acids is 1. The van der Waals surface area contributed by atoms with E-state index in [0.717, 1.165) is 10.0 Å². The van der Waals surface area contributed by atoms with Crippen molar-refractivity contribution in [3.63, 3.8) is 0 Å². The molecule has 0 saturated heterocycles. The summed E-state index contributed by atoms with van der Waals surface area (Å²) in [5.74, 6) is 0.948. The second kappa shape index (κ2) is 6.02. The summed E-state index contributed by atoms with van der Waals surface area (Å²) in [6, 6.07) is 1.84. The van der Waals surface area contributed by atoms with Gasteiger partial charge in [0.1, 0.15) is 0 Å². The maximum atomic E-state index is 12.0. The molecule has 94 valence electrons. The summed E-state index contributed by atoms with van der Waals surface area (Å²) in [6.07, 6.45) is 0.294. The van der Waals surface area contributed by atoms with Crippen LogP contribution in [0.25, 0.3) is 0 Å². The Morgan fingerprint density at radius 3 is 2.41 bits per heavy atom. The van der Waals surface area contributed by atoms with Crippen LogP contribution in [0.15, 0.2) is 10.5 Å². The number of hydrogen-bond acceptors (Lipinski definition) is 4. The third-order valence-electron chi connectivity index (χ3n) is 2.45. The molecule has 2 N–H and O–H groups in total. The van der Waals surface area contributed by atoms with E-state index in [0.29, 0.717) is 30.0 Å². The number of aryl methyl sites for hydroxylation is 1. The van der Waals surface area contributed by atoms with Gasteiger partial charge >= 0.3 is 0 Å². The van der Waals surface area contributed by atoms with Gasteiger partial charge in [-0.3, -0.25) is 4.79 Å². The lowest BCUT2D eigenvalue weighted by Gasteiger charge is -2.15. The maximum absolute atomic E-state index is 12.0. The first kappa shape index (κ1) is 14.0. The predicted octanol–water partition coefficient (Wildman–Crippen LogP) is 2.31. The van der Waals surface area contributed by atoms with Crippen LogP contribution in [0.2, 0.25) is 0 Å². The summed E-state index contributed by atoms with van der Waals surface area (Å²) < 4.78 is 11.3. The predicted molar refractivity (Wildman–Crippen MR) is 70.0 cm³/mol. The molecule has 17 heavy (non-hydrogen) atoms. The van der Waals surface area contributed by atoms with E-state index in [9.17, 15) is 4.79 Å². The summed E-state index contributed by atoms with van der Waals surface area (Å²) in [4.78, 5) is 12.0. The smallest absolute Gasteiger partial charge is 0.175 e. The standard InChI is InChI=1S/C12H16BrNO3/c1-7-6-8(13)11(16-2)12(17-3)10(7)9(15)4-5-14/h6H,4-5,14H2,1-3H3. The number of ketones is 1. The summed E-state index contributed by atoms with van der Waals surface area (Å²) in [7, 11) is 3.05. The van der Waals surface area contributed by atoms with Crippen molar-refractivity contribution in [3.8, 4) is 11.5 Å². The maximum Gasteiger partial charge on any atom is 0.175 e. The minimum atomic E-state index is -0.0346. The number of ether oxygens (including phenoxy) is 2. The molecule has 0 saturated carbocycles. The van der Waals surface area contributed by atoms with Gasteiger partial charge in [0, 0.05) is 6.42 Å². The van der Waals surface area contributed by atoms with E-state index in [1.165, 1.54) is 14.2 Å². The van der Waals surface area contributed by atoms with Gasteiger partial charge < -0.3 is 15.2 Å². The molecule has 0 aliphatic rings. The van der Waals surface area contributed by atoms with Crippen LogP contribution in [-0.2, 0) is 0 Å². The van der Waals surface area contributed by atoms with E-state index in [1.54, 1.807) is 0 Å². The van der Waals surface area contributed by atoms with Crippen LogP contribution in [0.5, 0.6) is 11.5 Å².